The number of nitrogens with one attached hydrogen (secondary N) is 1. The second-order valence-corrected chi connectivity index (χ2v) is 5.89. The minimum Gasteiger partial charge on any atom is -0.309 e. The van der Waals surface area contributed by atoms with E-state index in [0.717, 1.165) is 29.6 Å². The monoisotopic (exact) mass is 335 g/mol. The Kier molecular flexibility index (Phi) is 5.38. The minimum atomic E-state index is 0.305. The summed E-state index contributed by atoms with van der Waals surface area (Å²) in [7, 11) is 2.03. The van der Waals surface area contributed by atoms with Crippen LogP contribution in [0.2, 0.25) is 0 Å². The van der Waals surface area contributed by atoms with Gasteiger partial charge in [0, 0.05) is 11.5 Å². The molecule has 0 bridgehead atoms. The fraction of sp³-hybridized carbons (Fsp3) is 0.438. The van der Waals surface area contributed by atoms with Crippen LogP contribution in [0.15, 0.2) is 34.8 Å². The molecule has 2 rings (SSSR count). The summed E-state index contributed by atoms with van der Waals surface area (Å²) >= 11 is 3.48. The largest absolute Gasteiger partial charge is 0.309 e. The number of rotatable bonds is 6. The SMILES string of the molecule is CCNC(Cc1ccc(Br)cc1)c1cc(CC)nn1C. The maximum atomic E-state index is 4.56. The third-order valence-corrected chi connectivity index (χ3v) is 4.02. The second-order valence-electron chi connectivity index (χ2n) is 4.98. The van der Waals surface area contributed by atoms with Crippen molar-refractivity contribution in [3.8, 4) is 0 Å². The number of hydrogen-bond donors (Lipinski definition) is 1. The van der Waals surface area contributed by atoms with E-state index in [-0.39, 0.29) is 0 Å². The maximum absolute atomic E-state index is 4.56. The van der Waals surface area contributed by atoms with Crippen LogP contribution in [0.3, 0.4) is 0 Å². The van der Waals surface area contributed by atoms with Crippen LogP contribution in [0.1, 0.15) is 36.8 Å². The summed E-state index contributed by atoms with van der Waals surface area (Å²) < 4.78 is 3.13. The number of hydrogen-bond acceptors (Lipinski definition) is 2. The van der Waals surface area contributed by atoms with Gasteiger partial charge in [0.25, 0.3) is 0 Å². The Bertz CT molecular complexity index is 545. The van der Waals surface area contributed by atoms with Gasteiger partial charge < -0.3 is 5.32 Å². The Morgan fingerprint density at radius 3 is 2.50 bits per heavy atom. The first-order chi connectivity index (χ1) is 9.63. The smallest absolute Gasteiger partial charge is 0.0625 e. The quantitative estimate of drug-likeness (QED) is 0.873. The average Bonchev–Trinajstić information content (AvgIpc) is 2.82. The van der Waals surface area contributed by atoms with Gasteiger partial charge in [0.15, 0.2) is 0 Å². The summed E-state index contributed by atoms with van der Waals surface area (Å²) in [6, 6.07) is 11.1. The predicted molar refractivity (Wildman–Crippen MR) is 86.8 cm³/mol. The number of halogens is 1. The molecular weight excluding hydrogens is 314 g/mol. The molecule has 0 spiro atoms. The molecule has 1 N–H and O–H groups in total. The molecule has 1 unspecified atom stereocenters. The predicted octanol–water partition coefficient (Wildman–Crippen LogP) is 3.64. The Hall–Kier alpha value is -1.13. The molecule has 0 radical (unpaired) electrons. The number of nitrogens with zero attached hydrogens (tertiary/aromatic N) is 2. The maximum Gasteiger partial charge on any atom is 0.0625 e. The van der Waals surface area contributed by atoms with Gasteiger partial charge in [-0.05, 0) is 43.1 Å². The Morgan fingerprint density at radius 2 is 1.95 bits per heavy atom. The molecule has 0 saturated carbocycles. The van der Waals surface area contributed by atoms with Gasteiger partial charge in [-0.3, -0.25) is 4.68 Å². The summed E-state index contributed by atoms with van der Waals surface area (Å²) in [6.07, 6.45) is 1.95. The molecule has 0 aliphatic carbocycles. The summed E-state index contributed by atoms with van der Waals surface area (Å²) in [5, 5.41) is 8.12. The molecule has 108 valence electrons. The molecule has 1 heterocycles. The molecule has 0 aliphatic rings. The van der Waals surface area contributed by atoms with E-state index in [4.69, 9.17) is 0 Å². The van der Waals surface area contributed by atoms with Gasteiger partial charge in [-0.2, -0.15) is 5.10 Å². The van der Waals surface area contributed by atoms with E-state index in [1.807, 2.05) is 11.7 Å². The highest BCUT2D eigenvalue weighted by Crippen LogP contribution is 2.20. The van der Waals surface area contributed by atoms with Crippen molar-refractivity contribution in [2.45, 2.75) is 32.7 Å². The van der Waals surface area contributed by atoms with Crippen LogP contribution < -0.4 is 5.32 Å². The zero-order chi connectivity index (χ0) is 14.5. The average molecular weight is 336 g/mol. The van der Waals surface area contributed by atoms with Crippen molar-refractivity contribution in [2.24, 2.45) is 7.05 Å². The van der Waals surface area contributed by atoms with Gasteiger partial charge in [0.05, 0.1) is 17.4 Å². The normalized spacial score (nSPS) is 12.6. The first-order valence-electron chi connectivity index (χ1n) is 7.14. The Morgan fingerprint density at radius 1 is 1.25 bits per heavy atom. The molecule has 20 heavy (non-hydrogen) atoms. The summed E-state index contributed by atoms with van der Waals surface area (Å²) in [4.78, 5) is 0. The van der Waals surface area contributed by atoms with E-state index in [1.54, 1.807) is 0 Å². The molecule has 0 fully saturated rings. The van der Waals surface area contributed by atoms with Crippen LogP contribution in [0.4, 0.5) is 0 Å². The zero-order valence-corrected chi connectivity index (χ0v) is 13.9. The summed E-state index contributed by atoms with van der Waals surface area (Å²) in [5.74, 6) is 0. The highest BCUT2D eigenvalue weighted by atomic mass is 79.9. The molecule has 0 saturated heterocycles. The number of aryl methyl sites for hydroxylation is 2. The molecule has 0 amide bonds. The third-order valence-electron chi connectivity index (χ3n) is 3.49. The Labute approximate surface area is 129 Å². The van der Waals surface area contributed by atoms with Gasteiger partial charge >= 0.3 is 0 Å². The van der Waals surface area contributed by atoms with Crippen molar-refractivity contribution in [2.75, 3.05) is 6.54 Å². The molecule has 2 aromatic rings. The Balaban J connectivity index is 2.21. The van der Waals surface area contributed by atoms with Crippen molar-refractivity contribution in [3.05, 3.63) is 51.8 Å². The van der Waals surface area contributed by atoms with Crippen molar-refractivity contribution < 1.29 is 0 Å². The first kappa shape index (κ1) is 15.3. The lowest BCUT2D eigenvalue weighted by Crippen LogP contribution is -2.25. The van der Waals surface area contributed by atoms with Crippen molar-refractivity contribution in [1.82, 2.24) is 15.1 Å². The van der Waals surface area contributed by atoms with Crippen LogP contribution in [-0.4, -0.2) is 16.3 Å². The van der Waals surface area contributed by atoms with E-state index in [0.29, 0.717) is 6.04 Å². The number of likely N-dealkylation sites (N-methyl/N-ethyl adjacent to an activating group) is 1. The third kappa shape index (κ3) is 3.70. The highest BCUT2D eigenvalue weighted by molar-refractivity contribution is 9.10. The molecule has 4 heteroatoms. The van der Waals surface area contributed by atoms with Crippen LogP contribution in [0.25, 0.3) is 0 Å². The topological polar surface area (TPSA) is 29.9 Å². The standard InChI is InChI=1S/C16H22BrN3/c1-4-14-11-16(20(3)19-14)15(18-5-2)10-12-6-8-13(17)9-7-12/h6-9,11,15,18H,4-5,10H2,1-3H3. The number of aromatic nitrogens is 2. The van der Waals surface area contributed by atoms with Crippen LogP contribution in [0.5, 0.6) is 0 Å². The lowest BCUT2D eigenvalue weighted by atomic mass is 10.0. The van der Waals surface area contributed by atoms with Gasteiger partial charge in [-0.1, -0.05) is 41.9 Å². The second kappa shape index (κ2) is 7.04. The molecule has 3 nitrogen and oxygen atoms in total. The van der Waals surface area contributed by atoms with Crippen molar-refractivity contribution >= 4 is 15.9 Å². The van der Waals surface area contributed by atoms with Crippen molar-refractivity contribution in [3.63, 3.8) is 0 Å². The fourth-order valence-electron chi connectivity index (χ4n) is 2.43. The first-order valence-corrected chi connectivity index (χ1v) is 7.94. The van der Waals surface area contributed by atoms with E-state index in [9.17, 15) is 0 Å². The summed E-state index contributed by atoms with van der Waals surface area (Å²) in [5.41, 5.74) is 3.74. The molecule has 1 aromatic heterocycles. The highest BCUT2D eigenvalue weighted by Gasteiger charge is 2.16. The van der Waals surface area contributed by atoms with Crippen molar-refractivity contribution in [1.29, 1.82) is 0 Å². The van der Waals surface area contributed by atoms with Gasteiger partial charge in [-0.15, -0.1) is 0 Å². The molecule has 1 aromatic carbocycles. The minimum absolute atomic E-state index is 0.305. The van der Waals surface area contributed by atoms with Gasteiger partial charge in [0.1, 0.15) is 0 Å². The van der Waals surface area contributed by atoms with E-state index in [2.05, 4.69) is 70.5 Å². The van der Waals surface area contributed by atoms with Crippen LogP contribution >= 0.6 is 15.9 Å². The number of benzene rings is 1. The van der Waals surface area contributed by atoms with Crippen LogP contribution in [0, 0.1) is 0 Å². The zero-order valence-electron chi connectivity index (χ0n) is 12.4. The lowest BCUT2D eigenvalue weighted by Gasteiger charge is -2.18. The van der Waals surface area contributed by atoms with Gasteiger partial charge in [0.2, 0.25) is 0 Å². The van der Waals surface area contributed by atoms with Gasteiger partial charge in [-0.25, -0.2) is 0 Å². The van der Waals surface area contributed by atoms with Crippen LogP contribution in [-0.2, 0) is 19.9 Å². The summed E-state index contributed by atoms with van der Waals surface area (Å²) in [6.45, 7) is 5.24. The molecule has 1 atom stereocenters. The fourth-order valence-corrected chi connectivity index (χ4v) is 2.69. The van der Waals surface area contributed by atoms with E-state index in [1.165, 1.54) is 11.3 Å². The molecule has 0 aliphatic heterocycles. The van der Waals surface area contributed by atoms with E-state index < -0.39 is 0 Å². The van der Waals surface area contributed by atoms with E-state index >= 15 is 0 Å². The lowest BCUT2D eigenvalue weighted by molar-refractivity contribution is 0.507. The molecular formula is C16H22BrN3.